The number of hydrogen-bond acceptors (Lipinski definition) is 6. The van der Waals surface area contributed by atoms with Crippen LogP contribution < -0.4 is 15.4 Å². The Kier molecular flexibility index (Phi) is 5.91. The summed E-state index contributed by atoms with van der Waals surface area (Å²) in [6.07, 6.45) is 6.46. The van der Waals surface area contributed by atoms with Gasteiger partial charge in [0.05, 0.1) is 5.56 Å². The molecule has 4 aromatic rings. The maximum atomic E-state index is 12.4. The first-order chi connectivity index (χ1) is 14.8. The van der Waals surface area contributed by atoms with Crippen LogP contribution >= 0.6 is 0 Å². The highest BCUT2D eigenvalue weighted by Gasteiger charge is 2.08. The average Bonchev–Trinajstić information content (AvgIpc) is 2.81. The van der Waals surface area contributed by atoms with Crippen molar-refractivity contribution in [2.75, 3.05) is 10.6 Å². The van der Waals surface area contributed by atoms with Crippen LogP contribution in [0, 0.1) is 0 Å². The van der Waals surface area contributed by atoms with Crippen molar-refractivity contribution in [1.82, 2.24) is 15.0 Å². The van der Waals surface area contributed by atoms with Gasteiger partial charge in [0.1, 0.15) is 11.5 Å². The minimum atomic E-state index is -0.287. The largest absolute Gasteiger partial charge is 0.457 e. The molecule has 4 rings (SSSR count). The summed E-state index contributed by atoms with van der Waals surface area (Å²) in [6.45, 7) is 0.552. The number of carbonyl (C=O) groups excluding carboxylic acids is 1. The summed E-state index contributed by atoms with van der Waals surface area (Å²) in [4.78, 5) is 24.9. The second-order valence-electron chi connectivity index (χ2n) is 6.40. The molecule has 2 aromatic carbocycles. The van der Waals surface area contributed by atoms with E-state index in [1.165, 1.54) is 12.4 Å². The fraction of sp³-hybridized carbons (Fsp3) is 0.0435. The fourth-order valence-corrected chi connectivity index (χ4v) is 2.65. The van der Waals surface area contributed by atoms with Gasteiger partial charge in [-0.2, -0.15) is 0 Å². The van der Waals surface area contributed by atoms with Crippen LogP contribution in [0.15, 0.2) is 91.5 Å². The molecule has 7 heteroatoms. The molecule has 30 heavy (non-hydrogen) atoms. The fourth-order valence-electron chi connectivity index (χ4n) is 2.65. The number of amides is 1. The quantitative estimate of drug-likeness (QED) is 0.476. The van der Waals surface area contributed by atoms with Gasteiger partial charge in [0.2, 0.25) is 5.95 Å². The van der Waals surface area contributed by atoms with Crippen molar-refractivity contribution in [3.63, 3.8) is 0 Å². The summed E-state index contributed by atoms with van der Waals surface area (Å²) in [7, 11) is 0. The molecule has 2 N–H and O–H groups in total. The minimum absolute atomic E-state index is 0.287. The Morgan fingerprint density at radius 1 is 0.833 bits per heavy atom. The standard InChI is InChI=1S/C23H19N5O2/c29-22(18-15-26-23(27-16-18)25-14-17-5-4-12-24-13-17)28-19-8-10-21(11-9-19)30-20-6-2-1-3-7-20/h1-13,15-16H,14H2,(H,28,29)(H,25,26,27). The zero-order chi connectivity index (χ0) is 20.6. The third kappa shape index (κ3) is 5.17. The summed E-state index contributed by atoms with van der Waals surface area (Å²) in [5, 5.41) is 5.92. The third-order valence-corrected chi connectivity index (χ3v) is 4.18. The van der Waals surface area contributed by atoms with E-state index in [4.69, 9.17) is 4.74 Å². The van der Waals surface area contributed by atoms with Crippen LogP contribution in [-0.4, -0.2) is 20.9 Å². The van der Waals surface area contributed by atoms with Gasteiger partial charge in [-0.05, 0) is 48.0 Å². The van der Waals surface area contributed by atoms with Crippen LogP contribution in [0.1, 0.15) is 15.9 Å². The predicted octanol–water partition coefficient (Wildman–Crippen LogP) is 4.53. The van der Waals surface area contributed by atoms with Crippen molar-refractivity contribution in [2.45, 2.75) is 6.54 Å². The van der Waals surface area contributed by atoms with Gasteiger partial charge in [-0.25, -0.2) is 9.97 Å². The topological polar surface area (TPSA) is 89.0 Å². The van der Waals surface area contributed by atoms with Crippen LogP contribution in [0.5, 0.6) is 11.5 Å². The molecule has 0 fully saturated rings. The predicted molar refractivity (Wildman–Crippen MR) is 115 cm³/mol. The first kappa shape index (κ1) is 19.1. The Labute approximate surface area is 173 Å². The molecule has 0 aliphatic carbocycles. The van der Waals surface area contributed by atoms with Gasteiger partial charge in [-0.15, -0.1) is 0 Å². The number of nitrogens with one attached hydrogen (secondary N) is 2. The lowest BCUT2D eigenvalue weighted by atomic mass is 10.2. The van der Waals surface area contributed by atoms with Gasteiger partial charge in [-0.1, -0.05) is 24.3 Å². The van der Waals surface area contributed by atoms with E-state index < -0.39 is 0 Å². The molecule has 0 atom stereocenters. The number of benzene rings is 2. The molecule has 0 spiro atoms. The van der Waals surface area contributed by atoms with Crippen LogP contribution in [-0.2, 0) is 6.54 Å². The summed E-state index contributed by atoms with van der Waals surface area (Å²) >= 11 is 0. The molecule has 0 unspecified atom stereocenters. The monoisotopic (exact) mass is 397 g/mol. The molecule has 0 radical (unpaired) electrons. The Morgan fingerprint density at radius 3 is 2.27 bits per heavy atom. The van der Waals surface area contributed by atoms with Crippen molar-refractivity contribution in [2.24, 2.45) is 0 Å². The number of hydrogen-bond donors (Lipinski definition) is 2. The minimum Gasteiger partial charge on any atom is -0.457 e. The van der Waals surface area contributed by atoms with Gasteiger partial charge in [-0.3, -0.25) is 9.78 Å². The van der Waals surface area contributed by atoms with Gasteiger partial charge in [0.15, 0.2) is 0 Å². The van der Waals surface area contributed by atoms with Crippen LogP contribution in [0.2, 0.25) is 0 Å². The first-order valence-electron chi connectivity index (χ1n) is 9.35. The average molecular weight is 397 g/mol. The summed E-state index contributed by atoms with van der Waals surface area (Å²) in [5.74, 6) is 1.60. The number of pyridine rings is 1. The summed E-state index contributed by atoms with van der Waals surface area (Å²) in [6, 6.07) is 20.5. The lowest BCUT2D eigenvalue weighted by Gasteiger charge is -2.08. The number of anilines is 2. The van der Waals surface area contributed by atoms with E-state index in [1.54, 1.807) is 36.7 Å². The van der Waals surface area contributed by atoms with Crippen LogP contribution in [0.25, 0.3) is 0 Å². The smallest absolute Gasteiger partial charge is 0.258 e. The zero-order valence-electron chi connectivity index (χ0n) is 16.0. The van der Waals surface area contributed by atoms with E-state index in [0.717, 1.165) is 11.3 Å². The van der Waals surface area contributed by atoms with Crippen molar-refractivity contribution in [1.29, 1.82) is 0 Å². The lowest BCUT2D eigenvalue weighted by Crippen LogP contribution is -2.13. The molecule has 0 aliphatic rings. The van der Waals surface area contributed by atoms with Gasteiger partial charge in [0.25, 0.3) is 5.91 Å². The Hall–Kier alpha value is -4.26. The molecule has 2 aromatic heterocycles. The number of aromatic nitrogens is 3. The second-order valence-corrected chi connectivity index (χ2v) is 6.40. The van der Waals surface area contributed by atoms with Crippen molar-refractivity contribution >= 4 is 17.5 Å². The zero-order valence-corrected chi connectivity index (χ0v) is 16.0. The van der Waals surface area contributed by atoms with Crippen LogP contribution in [0.3, 0.4) is 0 Å². The molecular weight excluding hydrogens is 378 g/mol. The Morgan fingerprint density at radius 2 is 1.57 bits per heavy atom. The van der Waals surface area contributed by atoms with Gasteiger partial charge >= 0.3 is 0 Å². The number of nitrogens with zero attached hydrogens (tertiary/aromatic N) is 3. The summed E-state index contributed by atoms with van der Waals surface area (Å²) in [5.41, 5.74) is 2.04. The molecule has 148 valence electrons. The number of carbonyl (C=O) groups is 1. The maximum absolute atomic E-state index is 12.4. The lowest BCUT2D eigenvalue weighted by molar-refractivity contribution is 0.102. The number of rotatable bonds is 7. The number of para-hydroxylation sites is 1. The van der Waals surface area contributed by atoms with Crippen LogP contribution in [0.4, 0.5) is 11.6 Å². The summed E-state index contributed by atoms with van der Waals surface area (Å²) < 4.78 is 5.75. The number of ether oxygens (including phenoxy) is 1. The van der Waals surface area contributed by atoms with Crippen molar-refractivity contribution in [3.8, 4) is 11.5 Å². The molecule has 7 nitrogen and oxygen atoms in total. The molecule has 2 heterocycles. The molecule has 0 bridgehead atoms. The highest BCUT2D eigenvalue weighted by atomic mass is 16.5. The molecular formula is C23H19N5O2. The third-order valence-electron chi connectivity index (χ3n) is 4.18. The molecule has 1 amide bonds. The highest BCUT2D eigenvalue weighted by Crippen LogP contribution is 2.22. The van der Waals surface area contributed by atoms with Crippen molar-refractivity contribution < 1.29 is 9.53 Å². The van der Waals surface area contributed by atoms with E-state index in [-0.39, 0.29) is 5.91 Å². The normalized spacial score (nSPS) is 10.3. The first-order valence-corrected chi connectivity index (χ1v) is 9.35. The van der Waals surface area contributed by atoms with Crippen molar-refractivity contribution in [3.05, 3.63) is 103 Å². The maximum Gasteiger partial charge on any atom is 0.258 e. The highest BCUT2D eigenvalue weighted by molar-refractivity contribution is 6.03. The Balaban J connectivity index is 1.32. The van der Waals surface area contributed by atoms with Gasteiger partial charge < -0.3 is 15.4 Å². The molecule has 0 saturated carbocycles. The van der Waals surface area contributed by atoms with E-state index in [2.05, 4.69) is 25.6 Å². The van der Waals surface area contributed by atoms with Gasteiger partial charge in [0, 0.05) is 37.0 Å². The Bertz CT molecular complexity index is 1090. The van der Waals surface area contributed by atoms with E-state index in [1.807, 2.05) is 42.5 Å². The van der Waals surface area contributed by atoms with E-state index in [0.29, 0.717) is 29.5 Å². The molecule has 0 saturated heterocycles. The second kappa shape index (κ2) is 9.29. The SMILES string of the molecule is O=C(Nc1ccc(Oc2ccccc2)cc1)c1cnc(NCc2cccnc2)nc1. The molecule has 0 aliphatic heterocycles. The van der Waals surface area contributed by atoms with E-state index >= 15 is 0 Å². The van der Waals surface area contributed by atoms with E-state index in [9.17, 15) is 4.79 Å².